The van der Waals surface area contributed by atoms with Crippen LogP contribution in [-0.2, 0) is 0 Å². The molecule has 0 unspecified atom stereocenters. The Morgan fingerprint density at radius 2 is 1.81 bits per heavy atom. The van der Waals surface area contributed by atoms with Gasteiger partial charge in [-0.15, -0.1) is 0 Å². The molecule has 27 heavy (non-hydrogen) atoms. The molecule has 0 aliphatic carbocycles. The quantitative estimate of drug-likeness (QED) is 0.565. The number of fused-ring (bicyclic) bond motifs is 2. The fourth-order valence-corrected chi connectivity index (χ4v) is 4.09. The Hall–Kier alpha value is -3.14. The SMILES string of the molecule is O=C(c1ccc2ccccc2n1)N1CCC(c2ccc3[nH]ccc3c2)CC1. The third-order valence-corrected chi connectivity index (χ3v) is 5.65. The first kappa shape index (κ1) is 16.1. The fraction of sp³-hybridized carbons (Fsp3) is 0.217. The van der Waals surface area contributed by atoms with Crippen molar-refractivity contribution in [1.29, 1.82) is 0 Å². The third-order valence-electron chi connectivity index (χ3n) is 5.65. The topological polar surface area (TPSA) is 49.0 Å². The van der Waals surface area contributed by atoms with E-state index in [-0.39, 0.29) is 5.91 Å². The van der Waals surface area contributed by atoms with Crippen LogP contribution < -0.4 is 0 Å². The van der Waals surface area contributed by atoms with E-state index in [2.05, 4.69) is 34.2 Å². The van der Waals surface area contributed by atoms with Gasteiger partial charge in [-0.25, -0.2) is 4.98 Å². The van der Waals surface area contributed by atoms with Gasteiger partial charge in [0.25, 0.3) is 5.91 Å². The average molecular weight is 355 g/mol. The van der Waals surface area contributed by atoms with E-state index < -0.39 is 0 Å². The summed E-state index contributed by atoms with van der Waals surface area (Å²) < 4.78 is 0. The highest BCUT2D eigenvalue weighted by atomic mass is 16.2. The second-order valence-electron chi connectivity index (χ2n) is 7.28. The van der Waals surface area contributed by atoms with Gasteiger partial charge in [0.2, 0.25) is 0 Å². The number of nitrogens with zero attached hydrogens (tertiary/aromatic N) is 2. The molecule has 0 saturated carbocycles. The summed E-state index contributed by atoms with van der Waals surface area (Å²) in [5.41, 5.74) is 3.96. The molecule has 0 bridgehead atoms. The molecule has 4 aromatic rings. The van der Waals surface area contributed by atoms with Gasteiger partial charge >= 0.3 is 0 Å². The molecule has 134 valence electrons. The second-order valence-corrected chi connectivity index (χ2v) is 7.28. The standard InChI is InChI=1S/C23H21N3O/c27-23(22-8-5-17-3-1-2-4-21(17)25-22)26-13-10-16(11-14-26)18-6-7-20-19(15-18)9-12-24-20/h1-9,12,15-16,24H,10-11,13-14H2. The molecule has 3 heterocycles. The van der Waals surface area contributed by atoms with E-state index in [1.165, 1.54) is 16.5 Å². The minimum absolute atomic E-state index is 0.0419. The summed E-state index contributed by atoms with van der Waals surface area (Å²) in [5, 5.41) is 2.32. The second kappa shape index (κ2) is 6.54. The van der Waals surface area contributed by atoms with Gasteiger partial charge < -0.3 is 9.88 Å². The number of aromatic amines is 1. The van der Waals surface area contributed by atoms with E-state index in [0.717, 1.165) is 36.8 Å². The van der Waals surface area contributed by atoms with Crippen molar-refractivity contribution in [3.05, 3.63) is 78.1 Å². The number of carbonyl (C=O) groups is 1. The predicted molar refractivity (Wildman–Crippen MR) is 108 cm³/mol. The molecular weight excluding hydrogens is 334 g/mol. The largest absolute Gasteiger partial charge is 0.361 e. The van der Waals surface area contributed by atoms with E-state index >= 15 is 0 Å². The van der Waals surface area contributed by atoms with E-state index in [9.17, 15) is 4.79 Å². The smallest absolute Gasteiger partial charge is 0.272 e. The Labute approximate surface area is 157 Å². The fourth-order valence-electron chi connectivity index (χ4n) is 4.09. The number of hydrogen-bond acceptors (Lipinski definition) is 2. The number of para-hydroxylation sites is 1. The number of nitrogens with one attached hydrogen (secondary N) is 1. The van der Waals surface area contributed by atoms with Crippen molar-refractivity contribution in [2.24, 2.45) is 0 Å². The Bertz CT molecular complexity index is 1120. The Morgan fingerprint density at radius 1 is 0.963 bits per heavy atom. The molecule has 1 N–H and O–H groups in total. The molecule has 1 saturated heterocycles. The molecule has 2 aromatic heterocycles. The van der Waals surface area contributed by atoms with Crippen LogP contribution >= 0.6 is 0 Å². The summed E-state index contributed by atoms with van der Waals surface area (Å²) >= 11 is 0. The summed E-state index contributed by atoms with van der Waals surface area (Å²) in [6.07, 6.45) is 3.97. The van der Waals surface area contributed by atoms with Crippen LogP contribution in [0, 0.1) is 0 Å². The highest BCUT2D eigenvalue weighted by Gasteiger charge is 2.25. The summed E-state index contributed by atoms with van der Waals surface area (Å²) in [4.78, 5) is 22.6. The number of carbonyl (C=O) groups excluding carboxylic acids is 1. The molecule has 4 nitrogen and oxygen atoms in total. The average Bonchev–Trinajstić information content (AvgIpc) is 3.21. The van der Waals surface area contributed by atoms with Crippen LogP contribution in [0.3, 0.4) is 0 Å². The van der Waals surface area contributed by atoms with Crippen molar-refractivity contribution in [2.75, 3.05) is 13.1 Å². The van der Waals surface area contributed by atoms with Gasteiger partial charge in [-0.3, -0.25) is 4.79 Å². The third kappa shape index (κ3) is 2.97. The van der Waals surface area contributed by atoms with Crippen LogP contribution in [0.5, 0.6) is 0 Å². The molecular formula is C23H21N3O. The maximum absolute atomic E-state index is 12.9. The molecule has 0 spiro atoms. The molecule has 1 aliphatic heterocycles. The molecule has 1 fully saturated rings. The molecule has 0 radical (unpaired) electrons. The number of H-pyrrole nitrogens is 1. The lowest BCUT2D eigenvalue weighted by Crippen LogP contribution is -2.38. The van der Waals surface area contributed by atoms with Crippen molar-refractivity contribution < 1.29 is 4.79 Å². The Morgan fingerprint density at radius 3 is 2.70 bits per heavy atom. The van der Waals surface area contributed by atoms with Gasteiger partial charge in [-0.2, -0.15) is 0 Å². The van der Waals surface area contributed by atoms with Crippen molar-refractivity contribution in [1.82, 2.24) is 14.9 Å². The monoisotopic (exact) mass is 355 g/mol. The molecule has 2 aromatic carbocycles. The number of benzene rings is 2. The van der Waals surface area contributed by atoms with Crippen molar-refractivity contribution in [2.45, 2.75) is 18.8 Å². The summed E-state index contributed by atoms with van der Waals surface area (Å²) in [7, 11) is 0. The van der Waals surface area contributed by atoms with Crippen LogP contribution in [-0.4, -0.2) is 33.9 Å². The van der Waals surface area contributed by atoms with E-state index in [1.54, 1.807) is 0 Å². The van der Waals surface area contributed by atoms with Crippen LogP contribution in [0.25, 0.3) is 21.8 Å². The summed E-state index contributed by atoms with van der Waals surface area (Å²) in [5.74, 6) is 0.554. The summed E-state index contributed by atoms with van der Waals surface area (Å²) in [6.45, 7) is 1.56. The zero-order chi connectivity index (χ0) is 18.2. The zero-order valence-electron chi connectivity index (χ0n) is 15.1. The van der Waals surface area contributed by atoms with Crippen LogP contribution in [0.2, 0.25) is 0 Å². The van der Waals surface area contributed by atoms with Crippen molar-refractivity contribution >= 4 is 27.7 Å². The number of hydrogen-bond donors (Lipinski definition) is 1. The predicted octanol–water partition coefficient (Wildman–Crippen LogP) is 4.74. The lowest BCUT2D eigenvalue weighted by Gasteiger charge is -2.32. The molecule has 0 atom stereocenters. The molecule has 5 rings (SSSR count). The number of amides is 1. The van der Waals surface area contributed by atoms with Crippen LogP contribution in [0.1, 0.15) is 34.8 Å². The van der Waals surface area contributed by atoms with Gasteiger partial charge in [0, 0.05) is 30.2 Å². The highest BCUT2D eigenvalue weighted by Crippen LogP contribution is 2.30. The number of piperidine rings is 1. The van der Waals surface area contributed by atoms with Gasteiger partial charge in [0.1, 0.15) is 5.69 Å². The molecule has 1 amide bonds. The summed E-state index contributed by atoms with van der Waals surface area (Å²) in [6, 6.07) is 20.5. The highest BCUT2D eigenvalue weighted by molar-refractivity contribution is 5.95. The lowest BCUT2D eigenvalue weighted by atomic mass is 9.89. The minimum atomic E-state index is 0.0419. The number of likely N-dealkylation sites (tertiary alicyclic amines) is 1. The first-order valence-corrected chi connectivity index (χ1v) is 9.50. The van der Waals surface area contributed by atoms with Crippen LogP contribution in [0.4, 0.5) is 0 Å². The first-order chi connectivity index (χ1) is 13.3. The number of pyridine rings is 1. The van der Waals surface area contributed by atoms with E-state index in [1.807, 2.05) is 47.5 Å². The van der Waals surface area contributed by atoms with Crippen molar-refractivity contribution in [3.8, 4) is 0 Å². The first-order valence-electron chi connectivity index (χ1n) is 9.50. The molecule has 1 aliphatic rings. The Balaban J connectivity index is 1.30. The van der Waals surface area contributed by atoms with Gasteiger partial charge in [0.15, 0.2) is 0 Å². The maximum Gasteiger partial charge on any atom is 0.272 e. The maximum atomic E-state index is 12.9. The zero-order valence-corrected chi connectivity index (χ0v) is 15.1. The Kier molecular flexibility index (Phi) is 3.89. The molecule has 4 heteroatoms. The van der Waals surface area contributed by atoms with Gasteiger partial charge in [-0.05, 0) is 60.0 Å². The van der Waals surface area contributed by atoms with E-state index in [0.29, 0.717) is 11.6 Å². The van der Waals surface area contributed by atoms with E-state index in [4.69, 9.17) is 0 Å². The lowest BCUT2D eigenvalue weighted by molar-refractivity contribution is 0.0707. The van der Waals surface area contributed by atoms with Gasteiger partial charge in [-0.1, -0.05) is 30.3 Å². The number of aromatic nitrogens is 2. The normalized spacial score (nSPS) is 15.5. The van der Waals surface area contributed by atoms with Crippen molar-refractivity contribution in [3.63, 3.8) is 0 Å². The van der Waals surface area contributed by atoms with Crippen LogP contribution in [0.15, 0.2) is 66.9 Å². The minimum Gasteiger partial charge on any atom is -0.361 e. The van der Waals surface area contributed by atoms with Gasteiger partial charge in [0.05, 0.1) is 5.52 Å². The number of rotatable bonds is 2.